The first-order valence-corrected chi connectivity index (χ1v) is 8.39. The Hall–Kier alpha value is -3.46. The highest BCUT2D eigenvalue weighted by molar-refractivity contribution is 5.90. The van der Waals surface area contributed by atoms with Gasteiger partial charge in [0, 0.05) is 18.5 Å². The van der Waals surface area contributed by atoms with Crippen molar-refractivity contribution in [2.24, 2.45) is 0 Å². The molecule has 1 heterocycles. The molecule has 0 unspecified atom stereocenters. The molecule has 26 heavy (non-hydrogen) atoms. The maximum absolute atomic E-state index is 12.0. The number of nitriles is 1. The predicted molar refractivity (Wildman–Crippen MR) is 99.7 cm³/mol. The van der Waals surface area contributed by atoms with Crippen LogP contribution < -0.4 is 10.9 Å². The Bertz CT molecular complexity index is 1020. The summed E-state index contributed by atoms with van der Waals surface area (Å²) in [6.45, 7) is 0. The molecule has 130 valence electrons. The number of hydrogen-bond acceptors (Lipinski definition) is 4. The number of nitrogens with one attached hydrogen (secondary N) is 2. The summed E-state index contributed by atoms with van der Waals surface area (Å²) in [6, 6.07) is 16.5. The highest BCUT2D eigenvalue weighted by Crippen LogP contribution is 2.11. The lowest BCUT2D eigenvalue weighted by Crippen LogP contribution is -2.14. The Morgan fingerprint density at radius 3 is 2.69 bits per heavy atom. The number of amides is 1. The number of nitrogens with zero attached hydrogens (tertiary/aromatic N) is 2. The Labute approximate surface area is 150 Å². The van der Waals surface area contributed by atoms with Gasteiger partial charge < -0.3 is 10.3 Å². The van der Waals surface area contributed by atoms with Gasteiger partial charge in [0.2, 0.25) is 5.91 Å². The number of para-hydroxylation sites is 1. The molecule has 0 fully saturated rings. The zero-order valence-electron chi connectivity index (χ0n) is 14.2. The van der Waals surface area contributed by atoms with Crippen molar-refractivity contribution in [2.75, 3.05) is 5.32 Å². The smallest absolute Gasteiger partial charge is 0.258 e. The maximum Gasteiger partial charge on any atom is 0.258 e. The van der Waals surface area contributed by atoms with Crippen LogP contribution in [0.4, 0.5) is 5.69 Å². The first kappa shape index (κ1) is 17.4. The van der Waals surface area contributed by atoms with Crippen LogP contribution in [0.5, 0.6) is 0 Å². The number of carbonyl (C=O) groups is 1. The van der Waals surface area contributed by atoms with Crippen LogP contribution in [0, 0.1) is 11.3 Å². The van der Waals surface area contributed by atoms with Crippen LogP contribution in [0.15, 0.2) is 53.3 Å². The quantitative estimate of drug-likeness (QED) is 0.717. The first-order valence-electron chi connectivity index (χ1n) is 8.39. The minimum Gasteiger partial charge on any atom is -0.326 e. The van der Waals surface area contributed by atoms with Gasteiger partial charge in [0.05, 0.1) is 23.4 Å². The van der Waals surface area contributed by atoms with Gasteiger partial charge in [0.25, 0.3) is 5.56 Å². The number of hydrogen-bond donors (Lipinski definition) is 2. The lowest BCUT2D eigenvalue weighted by Gasteiger charge is -2.06. The Kier molecular flexibility index (Phi) is 5.40. The maximum atomic E-state index is 12.0. The van der Waals surface area contributed by atoms with Gasteiger partial charge in [-0.1, -0.05) is 24.3 Å². The largest absolute Gasteiger partial charge is 0.326 e. The molecule has 0 aliphatic carbocycles. The number of rotatable bonds is 6. The molecule has 3 aromatic rings. The third kappa shape index (κ3) is 4.33. The summed E-state index contributed by atoms with van der Waals surface area (Å²) in [6.07, 6.45) is 1.79. The summed E-state index contributed by atoms with van der Waals surface area (Å²) in [5.41, 5.74) is 2.12. The van der Waals surface area contributed by atoms with Crippen molar-refractivity contribution in [3.63, 3.8) is 0 Å². The standard InChI is InChI=1S/C20H18N4O2/c21-13-12-14-8-10-15(11-9-14)22-19(25)7-3-6-18-23-17-5-2-1-4-16(17)20(26)24-18/h1-2,4-5,8-11H,3,6-7,12H2,(H,22,25)(H,23,24,26). The van der Waals surface area contributed by atoms with E-state index in [0.29, 0.717) is 48.1 Å². The van der Waals surface area contributed by atoms with E-state index in [1.807, 2.05) is 18.2 Å². The molecule has 0 aliphatic rings. The summed E-state index contributed by atoms with van der Waals surface area (Å²) in [5.74, 6) is 0.489. The van der Waals surface area contributed by atoms with E-state index < -0.39 is 0 Å². The molecule has 1 aromatic heterocycles. The number of benzene rings is 2. The lowest BCUT2D eigenvalue weighted by atomic mass is 10.1. The van der Waals surface area contributed by atoms with Gasteiger partial charge in [0.1, 0.15) is 5.82 Å². The molecule has 0 radical (unpaired) electrons. The number of carbonyl (C=O) groups excluding carboxylic acids is 1. The number of aryl methyl sites for hydroxylation is 1. The van der Waals surface area contributed by atoms with E-state index in [2.05, 4.69) is 21.4 Å². The predicted octanol–water partition coefficient (Wildman–Crippen LogP) is 2.95. The average molecular weight is 346 g/mol. The average Bonchev–Trinajstić information content (AvgIpc) is 2.64. The third-order valence-electron chi connectivity index (χ3n) is 4.00. The van der Waals surface area contributed by atoms with Crippen molar-refractivity contribution in [3.8, 4) is 6.07 Å². The zero-order chi connectivity index (χ0) is 18.4. The molecule has 0 spiro atoms. The topological polar surface area (TPSA) is 98.6 Å². The second-order valence-corrected chi connectivity index (χ2v) is 5.96. The van der Waals surface area contributed by atoms with Crippen molar-refractivity contribution in [2.45, 2.75) is 25.7 Å². The number of aromatic nitrogens is 2. The van der Waals surface area contributed by atoms with Gasteiger partial charge in [-0.2, -0.15) is 5.26 Å². The summed E-state index contributed by atoms with van der Waals surface area (Å²) in [5, 5.41) is 12.0. The molecule has 0 aliphatic heterocycles. The molecule has 2 aromatic carbocycles. The van der Waals surface area contributed by atoms with Crippen LogP contribution in [0.2, 0.25) is 0 Å². The van der Waals surface area contributed by atoms with Gasteiger partial charge in [-0.05, 0) is 36.2 Å². The fraction of sp³-hybridized carbons (Fsp3) is 0.200. The van der Waals surface area contributed by atoms with Gasteiger partial charge in [-0.25, -0.2) is 4.98 Å². The van der Waals surface area contributed by atoms with Gasteiger partial charge in [-0.3, -0.25) is 9.59 Å². The van der Waals surface area contributed by atoms with Crippen LogP contribution in [0.3, 0.4) is 0 Å². The van der Waals surface area contributed by atoms with E-state index in [0.717, 1.165) is 5.56 Å². The van der Waals surface area contributed by atoms with Crippen LogP contribution in [0.25, 0.3) is 10.9 Å². The Morgan fingerprint density at radius 2 is 1.92 bits per heavy atom. The molecule has 0 saturated heterocycles. The fourth-order valence-corrected chi connectivity index (χ4v) is 2.69. The minimum absolute atomic E-state index is 0.0961. The van der Waals surface area contributed by atoms with Crippen molar-refractivity contribution in [1.82, 2.24) is 9.97 Å². The molecule has 1 amide bonds. The number of aromatic amines is 1. The lowest BCUT2D eigenvalue weighted by molar-refractivity contribution is -0.116. The summed E-state index contributed by atoms with van der Waals surface area (Å²) in [7, 11) is 0. The molecule has 0 atom stereocenters. The van der Waals surface area contributed by atoms with E-state index in [1.165, 1.54) is 0 Å². The second kappa shape index (κ2) is 8.08. The Balaban J connectivity index is 1.54. The van der Waals surface area contributed by atoms with E-state index in [9.17, 15) is 9.59 Å². The van der Waals surface area contributed by atoms with Crippen LogP contribution >= 0.6 is 0 Å². The highest BCUT2D eigenvalue weighted by atomic mass is 16.1. The number of anilines is 1. The molecule has 6 heteroatoms. The summed E-state index contributed by atoms with van der Waals surface area (Å²) in [4.78, 5) is 31.3. The minimum atomic E-state index is -0.160. The Morgan fingerprint density at radius 1 is 1.15 bits per heavy atom. The molecule has 6 nitrogen and oxygen atoms in total. The highest BCUT2D eigenvalue weighted by Gasteiger charge is 2.06. The van der Waals surface area contributed by atoms with Crippen molar-refractivity contribution in [3.05, 3.63) is 70.3 Å². The number of fused-ring (bicyclic) bond motifs is 1. The van der Waals surface area contributed by atoms with E-state index in [4.69, 9.17) is 5.26 Å². The summed E-state index contributed by atoms with van der Waals surface area (Å²) >= 11 is 0. The molecule has 0 bridgehead atoms. The van der Waals surface area contributed by atoms with Gasteiger partial charge in [-0.15, -0.1) is 0 Å². The molecular formula is C20H18N4O2. The fourth-order valence-electron chi connectivity index (χ4n) is 2.69. The summed E-state index contributed by atoms with van der Waals surface area (Å²) < 4.78 is 0. The van der Waals surface area contributed by atoms with E-state index >= 15 is 0 Å². The monoisotopic (exact) mass is 346 g/mol. The third-order valence-corrected chi connectivity index (χ3v) is 4.00. The van der Waals surface area contributed by atoms with Crippen molar-refractivity contribution >= 4 is 22.5 Å². The van der Waals surface area contributed by atoms with Crippen LogP contribution in [-0.2, 0) is 17.6 Å². The first-order chi connectivity index (χ1) is 12.7. The molecule has 0 saturated carbocycles. The van der Waals surface area contributed by atoms with Gasteiger partial charge in [0.15, 0.2) is 0 Å². The van der Waals surface area contributed by atoms with Crippen molar-refractivity contribution in [1.29, 1.82) is 5.26 Å². The zero-order valence-corrected chi connectivity index (χ0v) is 14.2. The second-order valence-electron chi connectivity index (χ2n) is 5.96. The van der Waals surface area contributed by atoms with E-state index in [-0.39, 0.29) is 11.5 Å². The molecular weight excluding hydrogens is 328 g/mol. The van der Waals surface area contributed by atoms with Crippen molar-refractivity contribution < 1.29 is 4.79 Å². The SMILES string of the molecule is N#CCc1ccc(NC(=O)CCCc2nc3ccccc3c(=O)[nH]2)cc1. The van der Waals surface area contributed by atoms with Crippen LogP contribution in [-0.4, -0.2) is 15.9 Å². The molecule has 3 rings (SSSR count). The van der Waals surface area contributed by atoms with E-state index in [1.54, 1.807) is 30.3 Å². The van der Waals surface area contributed by atoms with Crippen LogP contribution in [0.1, 0.15) is 24.2 Å². The van der Waals surface area contributed by atoms with Gasteiger partial charge >= 0.3 is 0 Å². The molecule has 2 N–H and O–H groups in total. The number of H-pyrrole nitrogens is 1. The normalized spacial score (nSPS) is 10.4.